The Bertz CT molecular complexity index is 1430. The minimum atomic E-state index is -0.862. The molecule has 15 atom stereocenters. The number of methoxy groups -OCH3 is 1. The first-order valence-electron chi connectivity index (χ1n) is 22.6. The highest BCUT2D eigenvalue weighted by molar-refractivity contribution is 5.84. The number of aliphatic hydroxyl groups excluding tert-OH is 4. The summed E-state index contributed by atoms with van der Waals surface area (Å²) in [5, 5.41) is 50.8. The number of rotatable bonds is 18. The van der Waals surface area contributed by atoms with Crippen molar-refractivity contribution in [3.8, 4) is 11.8 Å². The fourth-order valence-electron chi connectivity index (χ4n) is 11.6. The number of ether oxygens (including phenoxy) is 1. The van der Waals surface area contributed by atoms with Crippen LogP contribution in [0.2, 0.25) is 0 Å². The normalized spacial score (nSPS) is 37.3. The molecule has 0 aromatic heterocycles. The monoisotopic (exact) mass is 794 g/mol. The maximum Gasteiger partial charge on any atom is 0.176 e. The second-order valence-corrected chi connectivity index (χ2v) is 18.7. The van der Waals surface area contributed by atoms with Gasteiger partial charge in [-0.05, 0) is 131 Å². The largest absolute Gasteiger partial charge is 0.396 e. The number of carbonyl (C=O) groups excluding carboxylic acids is 2. The molecule has 0 bridgehead atoms. The molecule has 11 heteroatoms. The molecule has 3 heterocycles. The molecule has 0 aromatic carbocycles. The Morgan fingerprint density at radius 1 is 0.947 bits per heavy atom. The smallest absolute Gasteiger partial charge is 0.176 e. The van der Waals surface area contributed by atoms with E-state index in [4.69, 9.17) is 10.5 Å². The minimum absolute atomic E-state index is 0.00649. The van der Waals surface area contributed by atoms with E-state index in [1.54, 1.807) is 7.11 Å². The predicted octanol–water partition coefficient (Wildman–Crippen LogP) is 4.25. The third-order valence-corrected chi connectivity index (χ3v) is 15.0. The van der Waals surface area contributed by atoms with Gasteiger partial charge in [0.2, 0.25) is 0 Å². The van der Waals surface area contributed by atoms with Gasteiger partial charge in [0.15, 0.2) is 6.21 Å². The van der Waals surface area contributed by atoms with Crippen molar-refractivity contribution in [2.45, 2.75) is 159 Å². The molecule has 3 aliphatic carbocycles. The van der Waals surface area contributed by atoms with Gasteiger partial charge in [0.25, 0.3) is 0 Å². The minimum Gasteiger partial charge on any atom is -0.396 e. The number of allylic oxidation sites excluding steroid dienone is 1. The SMILES string of the molecule is COC1CC2CCC(=O)C(C(O)CCCC(CCCO)C3CNC4CC(=O)CCC4C3)C#CC(CCC(O)CCC3CC(N)NCC3CC3=C[CH+]N=C3)C2CC1O. The van der Waals surface area contributed by atoms with Crippen molar-refractivity contribution in [2.24, 2.45) is 64.0 Å². The zero-order valence-corrected chi connectivity index (χ0v) is 34.5. The van der Waals surface area contributed by atoms with Crippen LogP contribution in [0.4, 0.5) is 0 Å². The lowest BCUT2D eigenvalue weighted by molar-refractivity contribution is -0.125. The van der Waals surface area contributed by atoms with Crippen LogP contribution in [-0.4, -0.2) is 102 Å². The third-order valence-electron chi connectivity index (χ3n) is 15.0. The summed E-state index contributed by atoms with van der Waals surface area (Å²) < 4.78 is 5.68. The summed E-state index contributed by atoms with van der Waals surface area (Å²) in [5.41, 5.74) is 7.56. The zero-order chi connectivity index (χ0) is 40.3. The number of nitrogens with two attached hydrogens (primary N) is 1. The number of ketones is 2. The first-order valence-corrected chi connectivity index (χ1v) is 22.6. The average Bonchev–Trinajstić information content (AvgIpc) is 3.74. The van der Waals surface area contributed by atoms with Gasteiger partial charge in [-0.3, -0.25) is 9.59 Å². The van der Waals surface area contributed by atoms with Crippen LogP contribution >= 0.6 is 0 Å². The first kappa shape index (κ1) is 44.4. The Morgan fingerprint density at radius 2 is 1.75 bits per heavy atom. The van der Waals surface area contributed by atoms with E-state index in [0.29, 0.717) is 106 Å². The van der Waals surface area contributed by atoms with E-state index in [1.807, 2.05) is 12.8 Å². The quantitative estimate of drug-likeness (QED) is 0.0782. The summed E-state index contributed by atoms with van der Waals surface area (Å²) >= 11 is 0. The lowest BCUT2D eigenvalue weighted by atomic mass is 9.67. The number of piperidine rings is 2. The topological polar surface area (TPSA) is 187 Å². The number of aliphatic hydroxyl groups is 4. The van der Waals surface area contributed by atoms with Gasteiger partial charge >= 0.3 is 0 Å². The highest BCUT2D eigenvalue weighted by Gasteiger charge is 2.42. The number of hydrogen-bond acceptors (Lipinski definition) is 11. The van der Waals surface area contributed by atoms with E-state index in [-0.39, 0.29) is 42.4 Å². The van der Waals surface area contributed by atoms with Gasteiger partial charge in [0, 0.05) is 57.9 Å². The van der Waals surface area contributed by atoms with E-state index >= 15 is 0 Å². The van der Waals surface area contributed by atoms with Crippen molar-refractivity contribution in [3.63, 3.8) is 0 Å². The van der Waals surface area contributed by atoms with E-state index in [9.17, 15) is 30.0 Å². The molecule has 0 amide bonds. The molecule has 6 rings (SSSR count). The summed E-state index contributed by atoms with van der Waals surface area (Å²) in [6, 6.07) is 0.293. The van der Waals surface area contributed by atoms with Gasteiger partial charge in [-0.25, -0.2) is 0 Å². The van der Waals surface area contributed by atoms with Crippen LogP contribution in [0.25, 0.3) is 0 Å². The van der Waals surface area contributed by atoms with Crippen LogP contribution in [0, 0.1) is 71.6 Å². The summed E-state index contributed by atoms with van der Waals surface area (Å²) in [5.74, 6) is 8.79. The molecule has 6 aliphatic rings. The predicted molar refractivity (Wildman–Crippen MR) is 221 cm³/mol. The summed E-state index contributed by atoms with van der Waals surface area (Å²) in [6.07, 6.45) is 15.9. The van der Waals surface area contributed by atoms with Crippen molar-refractivity contribution in [3.05, 3.63) is 18.2 Å². The number of Topliss-reactive ketones (excluding diaryl/α,β-unsaturated/α-hetero) is 2. The van der Waals surface area contributed by atoms with Crippen LogP contribution in [0.5, 0.6) is 0 Å². The zero-order valence-electron chi connectivity index (χ0n) is 34.5. The van der Waals surface area contributed by atoms with E-state index in [1.165, 1.54) is 5.57 Å². The van der Waals surface area contributed by atoms with Gasteiger partial charge < -0.3 is 41.5 Å². The fourth-order valence-corrected chi connectivity index (χ4v) is 11.6. The van der Waals surface area contributed by atoms with Crippen molar-refractivity contribution in [2.75, 3.05) is 26.8 Å². The van der Waals surface area contributed by atoms with Crippen LogP contribution in [0.1, 0.15) is 122 Å². The molecule has 0 radical (unpaired) electrons. The molecule has 0 spiro atoms. The molecule has 11 nitrogen and oxygen atoms in total. The van der Waals surface area contributed by atoms with E-state index in [0.717, 1.165) is 70.9 Å². The number of nitrogens with zero attached hydrogens (tertiary/aromatic N) is 1. The molecule has 4 fully saturated rings. The third kappa shape index (κ3) is 12.5. The van der Waals surface area contributed by atoms with Gasteiger partial charge in [-0.2, -0.15) is 0 Å². The molecular weight excluding hydrogens is 721 g/mol. The Morgan fingerprint density at radius 3 is 2.54 bits per heavy atom. The van der Waals surface area contributed by atoms with Crippen molar-refractivity contribution in [1.82, 2.24) is 10.6 Å². The molecule has 2 saturated heterocycles. The number of carbonyl (C=O) groups is 2. The second-order valence-electron chi connectivity index (χ2n) is 18.7. The van der Waals surface area contributed by atoms with Crippen LogP contribution in [-0.2, 0) is 14.3 Å². The lowest BCUT2D eigenvalue weighted by Gasteiger charge is -2.42. The maximum absolute atomic E-state index is 13.8. The summed E-state index contributed by atoms with van der Waals surface area (Å²) in [4.78, 5) is 30.1. The van der Waals surface area contributed by atoms with Gasteiger partial charge in [0.1, 0.15) is 29.6 Å². The second kappa shape index (κ2) is 21.9. The van der Waals surface area contributed by atoms with Gasteiger partial charge in [-0.1, -0.05) is 24.7 Å². The number of hydrogen-bond donors (Lipinski definition) is 7. The van der Waals surface area contributed by atoms with E-state index in [2.05, 4.69) is 33.5 Å². The fraction of sp³-hybridized carbons (Fsp3) is 0.826. The Balaban J connectivity index is 1.07. The van der Waals surface area contributed by atoms with Gasteiger partial charge in [0.05, 0.1) is 36.7 Å². The molecule has 3 aliphatic heterocycles. The molecule has 2 saturated carbocycles. The van der Waals surface area contributed by atoms with E-state index < -0.39 is 24.2 Å². The molecule has 318 valence electrons. The molecule has 57 heavy (non-hydrogen) atoms. The highest BCUT2D eigenvalue weighted by Crippen LogP contribution is 2.43. The summed E-state index contributed by atoms with van der Waals surface area (Å²) in [7, 11) is 1.64. The number of aliphatic imine (C=N–C) groups is 1. The van der Waals surface area contributed by atoms with Crippen LogP contribution in [0.15, 0.2) is 16.6 Å². The van der Waals surface area contributed by atoms with Crippen LogP contribution in [0.3, 0.4) is 0 Å². The molecule has 15 unspecified atom stereocenters. The van der Waals surface area contributed by atoms with Crippen LogP contribution < -0.4 is 16.4 Å². The highest BCUT2D eigenvalue weighted by atomic mass is 16.5. The van der Waals surface area contributed by atoms with Crippen molar-refractivity contribution in [1.29, 1.82) is 0 Å². The Kier molecular flexibility index (Phi) is 17.1. The van der Waals surface area contributed by atoms with Gasteiger partial charge in [-0.15, -0.1) is 4.99 Å². The molecular formula is C46H73N4O7+. The molecule has 8 N–H and O–H groups in total. The number of fused-ring (bicyclic) bond motifs is 2. The average molecular weight is 794 g/mol. The Hall–Kier alpha value is -2.14. The standard InChI is InChI=1S/C46H73N4O7/c1-57-45-22-33-11-16-43(55)39(42(54)6-2-4-30(5-3-19-51)36-21-34-9-14-38(53)24-41(34)49-27-36)15-10-31(40(33)25-44(45)56)7-12-37(52)13-8-32-23-46(47)50-28-35(32)20-29-17-18-48-26-29/h17-18,26,30-37,39-42,44-46,49-52,54,56H,2-9,11-14,16,19-25,27-28,47H2,1H3/q+1. The lowest BCUT2D eigenvalue weighted by Crippen LogP contribution is -2.50. The Labute approximate surface area is 341 Å². The molecule has 0 aromatic rings. The number of nitrogens with one attached hydrogen (secondary N) is 2. The maximum atomic E-state index is 13.8. The van der Waals surface area contributed by atoms with Crippen molar-refractivity contribution >= 4 is 17.8 Å². The first-order chi connectivity index (χ1) is 27.6. The summed E-state index contributed by atoms with van der Waals surface area (Å²) in [6.45, 7) is 3.74. The van der Waals surface area contributed by atoms with Crippen molar-refractivity contribution < 1.29 is 34.8 Å².